The number of ether oxygens (including phenoxy) is 2. The predicted molar refractivity (Wildman–Crippen MR) is 107 cm³/mol. The summed E-state index contributed by atoms with van der Waals surface area (Å²) in [7, 11) is -0.486. The van der Waals surface area contributed by atoms with Crippen molar-refractivity contribution < 1.29 is 22.7 Å². The average molecular weight is 407 g/mol. The molecule has 0 radical (unpaired) electrons. The zero-order chi connectivity index (χ0) is 20.7. The van der Waals surface area contributed by atoms with E-state index in [9.17, 15) is 13.2 Å². The van der Waals surface area contributed by atoms with Gasteiger partial charge in [-0.1, -0.05) is 13.0 Å². The Bertz CT molecular complexity index is 911. The number of benzene rings is 2. The van der Waals surface area contributed by atoms with Gasteiger partial charge in [0.05, 0.1) is 19.1 Å². The maximum absolute atomic E-state index is 12.3. The van der Waals surface area contributed by atoms with Crippen LogP contribution in [0.4, 0.5) is 0 Å². The smallest absolute Gasteiger partial charge is 0.251 e. The topological polar surface area (TPSA) is 93.7 Å². The van der Waals surface area contributed by atoms with Crippen molar-refractivity contribution in [3.05, 3.63) is 53.6 Å². The normalized spacial score (nSPS) is 12.3. The van der Waals surface area contributed by atoms with Crippen LogP contribution in [-0.4, -0.2) is 34.6 Å². The van der Waals surface area contributed by atoms with Gasteiger partial charge in [-0.15, -0.1) is 0 Å². The van der Waals surface area contributed by atoms with E-state index in [0.717, 1.165) is 5.56 Å². The van der Waals surface area contributed by atoms with Crippen molar-refractivity contribution in [2.75, 3.05) is 14.2 Å². The number of carbonyl (C=O) groups is 1. The second kappa shape index (κ2) is 9.57. The number of methoxy groups -OCH3 is 2. The Morgan fingerprint density at radius 2 is 1.68 bits per heavy atom. The van der Waals surface area contributed by atoms with Crippen molar-refractivity contribution in [2.24, 2.45) is 0 Å². The molecule has 0 saturated heterocycles. The Kier molecular flexibility index (Phi) is 7.42. The summed E-state index contributed by atoms with van der Waals surface area (Å²) in [5.41, 5.74) is 1.23. The molecule has 2 rings (SSSR count). The number of sulfonamides is 1. The van der Waals surface area contributed by atoms with Gasteiger partial charge in [-0.25, -0.2) is 13.1 Å². The second-order valence-corrected chi connectivity index (χ2v) is 8.04. The lowest BCUT2D eigenvalue weighted by atomic mass is 10.1. The molecular weight excluding hydrogens is 380 g/mol. The van der Waals surface area contributed by atoms with Gasteiger partial charge >= 0.3 is 0 Å². The van der Waals surface area contributed by atoms with Crippen LogP contribution in [0.3, 0.4) is 0 Å². The molecule has 0 aliphatic carbocycles. The van der Waals surface area contributed by atoms with Crippen molar-refractivity contribution in [1.29, 1.82) is 0 Å². The van der Waals surface area contributed by atoms with Gasteiger partial charge in [0.15, 0.2) is 11.5 Å². The molecule has 0 bridgehead atoms. The van der Waals surface area contributed by atoms with E-state index in [0.29, 0.717) is 30.0 Å². The van der Waals surface area contributed by atoms with Crippen molar-refractivity contribution in [3.63, 3.8) is 0 Å². The van der Waals surface area contributed by atoms with Crippen LogP contribution in [0.5, 0.6) is 11.5 Å². The van der Waals surface area contributed by atoms with Gasteiger partial charge in [-0.05, 0) is 55.3 Å². The summed E-state index contributed by atoms with van der Waals surface area (Å²) in [6.07, 6.45) is 0.690. The molecule has 7 nitrogen and oxygen atoms in total. The number of hydrogen-bond donors (Lipinski definition) is 2. The maximum atomic E-state index is 12.3. The lowest BCUT2D eigenvalue weighted by Crippen LogP contribution is -2.32. The van der Waals surface area contributed by atoms with Gasteiger partial charge in [0.2, 0.25) is 10.0 Å². The first-order chi connectivity index (χ1) is 13.3. The third-order valence-corrected chi connectivity index (χ3v) is 5.90. The summed E-state index contributed by atoms with van der Waals surface area (Å²) in [5, 5.41) is 2.80. The van der Waals surface area contributed by atoms with E-state index in [1.54, 1.807) is 33.3 Å². The summed E-state index contributed by atoms with van der Waals surface area (Å²) in [6, 6.07) is 11.1. The standard InChI is InChI=1S/C20H26N2O5S/c1-5-14(2)22-28(24,25)17-9-7-16(8-10-17)20(23)21-13-15-6-11-18(26-3)19(12-15)27-4/h6-12,14,22H,5,13H2,1-4H3,(H,21,23)/t14-/m0/s1. The average Bonchev–Trinajstić information content (AvgIpc) is 2.71. The first-order valence-corrected chi connectivity index (χ1v) is 10.4. The molecule has 0 aromatic heterocycles. The largest absolute Gasteiger partial charge is 0.493 e. The van der Waals surface area contributed by atoms with Crippen LogP contribution in [0.15, 0.2) is 47.4 Å². The van der Waals surface area contributed by atoms with E-state index in [1.165, 1.54) is 24.3 Å². The van der Waals surface area contributed by atoms with Crippen molar-refractivity contribution in [3.8, 4) is 11.5 Å². The molecule has 0 fully saturated rings. The van der Waals surface area contributed by atoms with E-state index in [-0.39, 0.29) is 16.8 Å². The molecule has 2 aromatic rings. The molecule has 0 aliphatic rings. The number of amides is 1. The van der Waals surface area contributed by atoms with Gasteiger partial charge in [0.1, 0.15) is 0 Å². The third kappa shape index (κ3) is 5.46. The van der Waals surface area contributed by atoms with Crippen molar-refractivity contribution in [1.82, 2.24) is 10.0 Å². The van der Waals surface area contributed by atoms with E-state index in [1.807, 2.05) is 13.0 Å². The van der Waals surface area contributed by atoms with E-state index in [2.05, 4.69) is 10.0 Å². The summed E-state index contributed by atoms with van der Waals surface area (Å²) >= 11 is 0. The summed E-state index contributed by atoms with van der Waals surface area (Å²) in [4.78, 5) is 12.5. The van der Waals surface area contributed by atoms with Crippen LogP contribution < -0.4 is 19.5 Å². The van der Waals surface area contributed by atoms with Crippen LogP contribution in [-0.2, 0) is 16.6 Å². The summed E-state index contributed by atoms with van der Waals surface area (Å²) < 4.78 is 37.6. The summed E-state index contributed by atoms with van der Waals surface area (Å²) in [6.45, 7) is 4.00. The minimum absolute atomic E-state index is 0.129. The molecule has 0 unspecified atom stereocenters. The molecule has 1 amide bonds. The highest BCUT2D eigenvalue weighted by atomic mass is 32.2. The van der Waals surface area contributed by atoms with Crippen molar-refractivity contribution in [2.45, 2.75) is 37.8 Å². The number of hydrogen-bond acceptors (Lipinski definition) is 5. The Morgan fingerprint density at radius 1 is 1.04 bits per heavy atom. The lowest BCUT2D eigenvalue weighted by molar-refractivity contribution is 0.0950. The van der Waals surface area contributed by atoms with Crippen LogP contribution in [0.2, 0.25) is 0 Å². The van der Waals surface area contributed by atoms with Crippen LogP contribution in [0.1, 0.15) is 36.2 Å². The number of rotatable bonds is 9. The number of nitrogens with one attached hydrogen (secondary N) is 2. The first kappa shape index (κ1) is 21.7. The fraction of sp³-hybridized carbons (Fsp3) is 0.350. The zero-order valence-electron chi connectivity index (χ0n) is 16.5. The molecule has 0 heterocycles. The van der Waals surface area contributed by atoms with E-state index >= 15 is 0 Å². The minimum atomic E-state index is -3.59. The SMILES string of the molecule is CC[C@H](C)NS(=O)(=O)c1ccc(C(=O)NCc2ccc(OC)c(OC)c2)cc1. The van der Waals surface area contributed by atoms with Gasteiger partial charge in [0, 0.05) is 18.2 Å². The molecule has 0 saturated carbocycles. The van der Waals surface area contributed by atoms with E-state index in [4.69, 9.17) is 9.47 Å². The summed E-state index contributed by atoms with van der Waals surface area (Å²) in [5.74, 6) is 0.895. The fourth-order valence-corrected chi connectivity index (χ4v) is 3.80. The molecule has 152 valence electrons. The Labute approximate surface area is 166 Å². The highest BCUT2D eigenvalue weighted by molar-refractivity contribution is 7.89. The third-order valence-electron chi connectivity index (χ3n) is 4.30. The monoisotopic (exact) mass is 406 g/mol. The highest BCUT2D eigenvalue weighted by Gasteiger charge is 2.17. The van der Waals surface area contributed by atoms with E-state index < -0.39 is 10.0 Å². The molecule has 8 heteroatoms. The predicted octanol–water partition coefficient (Wildman–Crippen LogP) is 2.71. The zero-order valence-corrected chi connectivity index (χ0v) is 17.3. The van der Waals surface area contributed by atoms with Crippen LogP contribution >= 0.6 is 0 Å². The van der Waals surface area contributed by atoms with Gasteiger partial charge in [-0.2, -0.15) is 0 Å². The molecule has 2 N–H and O–H groups in total. The van der Waals surface area contributed by atoms with Gasteiger partial charge < -0.3 is 14.8 Å². The minimum Gasteiger partial charge on any atom is -0.493 e. The maximum Gasteiger partial charge on any atom is 0.251 e. The Hall–Kier alpha value is -2.58. The Balaban J connectivity index is 2.03. The molecular formula is C20H26N2O5S. The van der Waals surface area contributed by atoms with Crippen molar-refractivity contribution >= 4 is 15.9 Å². The highest BCUT2D eigenvalue weighted by Crippen LogP contribution is 2.27. The first-order valence-electron chi connectivity index (χ1n) is 8.92. The Morgan fingerprint density at radius 3 is 2.25 bits per heavy atom. The quantitative estimate of drug-likeness (QED) is 0.668. The fourth-order valence-electron chi connectivity index (χ4n) is 2.48. The molecule has 28 heavy (non-hydrogen) atoms. The van der Waals surface area contributed by atoms with Gasteiger partial charge in [0.25, 0.3) is 5.91 Å². The molecule has 2 aromatic carbocycles. The van der Waals surface area contributed by atoms with Crippen LogP contribution in [0, 0.1) is 0 Å². The second-order valence-electron chi connectivity index (χ2n) is 6.33. The molecule has 1 atom stereocenters. The molecule has 0 spiro atoms. The lowest BCUT2D eigenvalue weighted by Gasteiger charge is -2.12. The number of carbonyl (C=O) groups excluding carboxylic acids is 1. The molecule has 0 aliphatic heterocycles. The van der Waals surface area contributed by atoms with Gasteiger partial charge in [-0.3, -0.25) is 4.79 Å². The van der Waals surface area contributed by atoms with Crippen LogP contribution in [0.25, 0.3) is 0 Å².